The molecule has 0 bridgehead atoms. The summed E-state index contributed by atoms with van der Waals surface area (Å²) in [6, 6.07) is 60.8. The second kappa shape index (κ2) is 11.9. The van der Waals surface area contributed by atoms with Crippen LogP contribution in [0.15, 0.2) is 180 Å². The molecule has 0 radical (unpaired) electrons. The van der Waals surface area contributed by atoms with E-state index in [1.54, 1.807) is 0 Å². The van der Waals surface area contributed by atoms with Crippen molar-refractivity contribution in [2.24, 2.45) is 0 Å². The van der Waals surface area contributed by atoms with Crippen LogP contribution in [0.4, 0.5) is 0 Å². The van der Waals surface area contributed by atoms with Gasteiger partial charge in [-0.1, -0.05) is 170 Å². The quantitative estimate of drug-likeness (QED) is 0.186. The van der Waals surface area contributed by atoms with E-state index < -0.39 is 0 Å². The van der Waals surface area contributed by atoms with Gasteiger partial charge in [0.15, 0.2) is 17.5 Å². The fourth-order valence-corrected chi connectivity index (χ4v) is 7.37. The first kappa shape index (κ1) is 29.0. The first-order valence-electron chi connectivity index (χ1n) is 17.1. The van der Waals surface area contributed by atoms with Crippen LogP contribution >= 0.6 is 0 Å². The maximum atomic E-state index is 6.78. The SMILES string of the molecule is c1ccc(-c2nc(-c3cc4c5cccc(-c6ccccc6)c5oc4c4ccccc34)nc(-c3cccc4cccc(-c5ccccc5)c34)n2)cc1. The van der Waals surface area contributed by atoms with Gasteiger partial charge in [0, 0.05) is 43.8 Å². The minimum absolute atomic E-state index is 0.611. The molecule has 0 atom stereocenters. The molecule has 4 nitrogen and oxygen atoms in total. The Hall–Kier alpha value is -6.91. The first-order chi connectivity index (χ1) is 25.3. The van der Waals surface area contributed by atoms with Crippen molar-refractivity contribution in [3.8, 4) is 56.4 Å². The zero-order valence-electron chi connectivity index (χ0n) is 27.5. The highest BCUT2D eigenvalue weighted by Crippen LogP contribution is 2.43. The minimum atomic E-state index is 0.611. The van der Waals surface area contributed by atoms with Crippen molar-refractivity contribution in [2.75, 3.05) is 0 Å². The van der Waals surface area contributed by atoms with Gasteiger partial charge in [0.25, 0.3) is 0 Å². The van der Waals surface area contributed by atoms with Crippen molar-refractivity contribution < 1.29 is 4.42 Å². The van der Waals surface area contributed by atoms with E-state index in [4.69, 9.17) is 19.4 Å². The van der Waals surface area contributed by atoms with E-state index in [0.29, 0.717) is 17.5 Å². The van der Waals surface area contributed by atoms with Gasteiger partial charge in [-0.2, -0.15) is 0 Å². The lowest BCUT2D eigenvalue weighted by atomic mass is 9.94. The van der Waals surface area contributed by atoms with Gasteiger partial charge in [0.05, 0.1) is 0 Å². The van der Waals surface area contributed by atoms with Crippen molar-refractivity contribution in [1.82, 2.24) is 15.0 Å². The van der Waals surface area contributed by atoms with Gasteiger partial charge in [0.1, 0.15) is 11.2 Å². The molecule has 0 saturated heterocycles. The first-order valence-corrected chi connectivity index (χ1v) is 17.1. The molecule has 10 aromatic rings. The molecule has 51 heavy (non-hydrogen) atoms. The minimum Gasteiger partial charge on any atom is -0.455 e. The van der Waals surface area contributed by atoms with E-state index in [0.717, 1.165) is 82.4 Å². The van der Waals surface area contributed by atoms with E-state index in [-0.39, 0.29) is 0 Å². The Morgan fingerprint density at radius 2 is 0.804 bits per heavy atom. The fourth-order valence-electron chi connectivity index (χ4n) is 7.37. The molecular formula is C47H29N3O. The largest absolute Gasteiger partial charge is 0.455 e. The van der Waals surface area contributed by atoms with Crippen molar-refractivity contribution in [3.63, 3.8) is 0 Å². The van der Waals surface area contributed by atoms with Crippen molar-refractivity contribution in [3.05, 3.63) is 176 Å². The monoisotopic (exact) mass is 651 g/mol. The summed E-state index contributed by atoms with van der Waals surface area (Å²) in [4.78, 5) is 15.7. The molecule has 0 aliphatic heterocycles. The molecule has 8 aromatic carbocycles. The van der Waals surface area contributed by atoms with Crippen LogP contribution in [-0.2, 0) is 0 Å². The predicted octanol–water partition coefficient (Wildman–Crippen LogP) is 12.4. The molecule has 2 aromatic heterocycles. The van der Waals surface area contributed by atoms with Crippen LogP contribution in [0.2, 0.25) is 0 Å². The van der Waals surface area contributed by atoms with Gasteiger partial charge in [-0.05, 0) is 33.5 Å². The third-order valence-electron chi connectivity index (χ3n) is 9.73. The Morgan fingerprint density at radius 3 is 1.51 bits per heavy atom. The highest BCUT2D eigenvalue weighted by molar-refractivity contribution is 6.20. The molecule has 0 aliphatic rings. The van der Waals surface area contributed by atoms with Crippen LogP contribution in [0.25, 0.3) is 99.9 Å². The molecule has 10 rings (SSSR count). The van der Waals surface area contributed by atoms with Gasteiger partial charge in [-0.25, -0.2) is 15.0 Å². The number of benzene rings is 8. The molecule has 2 heterocycles. The van der Waals surface area contributed by atoms with E-state index in [1.165, 1.54) is 0 Å². The average molecular weight is 652 g/mol. The van der Waals surface area contributed by atoms with Crippen molar-refractivity contribution in [1.29, 1.82) is 0 Å². The zero-order chi connectivity index (χ0) is 33.7. The highest BCUT2D eigenvalue weighted by Gasteiger charge is 2.21. The number of fused-ring (bicyclic) bond motifs is 6. The fraction of sp³-hybridized carbons (Fsp3) is 0. The third-order valence-corrected chi connectivity index (χ3v) is 9.73. The van der Waals surface area contributed by atoms with Gasteiger partial charge in [-0.3, -0.25) is 0 Å². The molecular weight excluding hydrogens is 623 g/mol. The van der Waals surface area contributed by atoms with Gasteiger partial charge in [-0.15, -0.1) is 0 Å². The molecule has 238 valence electrons. The van der Waals surface area contributed by atoms with Crippen LogP contribution < -0.4 is 0 Å². The topological polar surface area (TPSA) is 51.8 Å². The van der Waals surface area contributed by atoms with Crippen LogP contribution in [0.3, 0.4) is 0 Å². The second-order valence-electron chi connectivity index (χ2n) is 12.7. The number of furan rings is 1. The third kappa shape index (κ3) is 4.88. The summed E-state index contributed by atoms with van der Waals surface area (Å²) in [5.41, 5.74) is 9.00. The lowest BCUT2D eigenvalue weighted by molar-refractivity contribution is 0.674. The summed E-state index contributed by atoms with van der Waals surface area (Å²) in [6.45, 7) is 0. The standard InChI is InChI=1S/C47H29N3O/c1-4-15-30(16-5-1)34-25-12-21-32-22-13-28-39(42(32)34)46-48-45(33-19-8-3-9-20-33)49-47(50-46)41-29-40-38-27-14-26-35(31-17-6-2-7-18-31)43(38)51-44(40)37-24-11-10-23-36(37)41/h1-29H. The summed E-state index contributed by atoms with van der Waals surface area (Å²) >= 11 is 0. The number of hydrogen-bond donors (Lipinski definition) is 0. The Labute approximate surface area is 294 Å². The number of para-hydroxylation sites is 1. The van der Waals surface area contributed by atoms with E-state index in [9.17, 15) is 0 Å². The van der Waals surface area contributed by atoms with Gasteiger partial charge >= 0.3 is 0 Å². The van der Waals surface area contributed by atoms with E-state index >= 15 is 0 Å². The molecule has 0 aliphatic carbocycles. The van der Waals surface area contributed by atoms with Crippen LogP contribution in [0.5, 0.6) is 0 Å². The maximum Gasteiger partial charge on any atom is 0.164 e. The summed E-state index contributed by atoms with van der Waals surface area (Å²) in [5.74, 6) is 1.86. The summed E-state index contributed by atoms with van der Waals surface area (Å²) < 4.78 is 6.78. The van der Waals surface area contributed by atoms with Crippen molar-refractivity contribution in [2.45, 2.75) is 0 Å². The lowest BCUT2D eigenvalue weighted by Gasteiger charge is -2.14. The number of rotatable bonds is 5. The predicted molar refractivity (Wildman–Crippen MR) is 209 cm³/mol. The zero-order valence-corrected chi connectivity index (χ0v) is 27.5. The number of nitrogens with zero attached hydrogens (tertiary/aromatic N) is 3. The Balaban J connectivity index is 1.27. The Bertz CT molecular complexity index is 2890. The lowest BCUT2D eigenvalue weighted by Crippen LogP contribution is -2.01. The van der Waals surface area contributed by atoms with E-state index in [1.807, 2.05) is 30.3 Å². The number of aromatic nitrogens is 3. The molecule has 0 N–H and O–H groups in total. The average Bonchev–Trinajstić information content (AvgIpc) is 3.60. The van der Waals surface area contributed by atoms with Crippen LogP contribution in [0.1, 0.15) is 0 Å². The molecule has 4 heteroatoms. The maximum absolute atomic E-state index is 6.78. The molecule has 0 saturated carbocycles. The normalized spacial score (nSPS) is 11.5. The Morgan fingerprint density at radius 1 is 0.314 bits per heavy atom. The number of hydrogen-bond acceptors (Lipinski definition) is 4. The highest BCUT2D eigenvalue weighted by atomic mass is 16.3. The van der Waals surface area contributed by atoms with E-state index in [2.05, 4.69) is 146 Å². The van der Waals surface area contributed by atoms with Gasteiger partial charge in [0.2, 0.25) is 0 Å². The summed E-state index contributed by atoms with van der Waals surface area (Å²) in [5, 5.41) is 6.35. The van der Waals surface area contributed by atoms with Crippen LogP contribution in [-0.4, -0.2) is 15.0 Å². The molecule has 0 unspecified atom stereocenters. The smallest absolute Gasteiger partial charge is 0.164 e. The van der Waals surface area contributed by atoms with Gasteiger partial charge < -0.3 is 4.42 Å². The Kier molecular flexibility index (Phi) is 6.78. The molecule has 0 amide bonds. The van der Waals surface area contributed by atoms with Crippen LogP contribution in [0, 0.1) is 0 Å². The van der Waals surface area contributed by atoms with Crippen molar-refractivity contribution >= 4 is 43.5 Å². The summed E-state index contributed by atoms with van der Waals surface area (Å²) in [6.07, 6.45) is 0. The second-order valence-corrected chi connectivity index (χ2v) is 12.7. The summed E-state index contributed by atoms with van der Waals surface area (Å²) in [7, 11) is 0. The molecule has 0 fully saturated rings. The molecule has 0 spiro atoms.